The van der Waals surface area contributed by atoms with Crippen molar-refractivity contribution in [3.05, 3.63) is 28.8 Å². The van der Waals surface area contributed by atoms with E-state index in [0.717, 1.165) is 6.07 Å². The summed E-state index contributed by atoms with van der Waals surface area (Å²) < 4.78 is 37.4. The highest BCUT2D eigenvalue weighted by Gasteiger charge is 2.19. The lowest BCUT2D eigenvalue weighted by Gasteiger charge is -2.04. The van der Waals surface area contributed by atoms with Crippen molar-refractivity contribution in [3.8, 4) is 6.07 Å². The van der Waals surface area contributed by atoms with E-state index in [4.69, 9.17) is 16.9 Å². The Morgan fingerprint density at radius 3 is 2.64 bits per heavy atom. The van der Waals surface area contributed by atoms with E-state index in [9.17, 15) is 13.2 Å². The number of halogens is 4. The SMILES string of the molecule is N#Cc1cc(CCl)nc(C(F)F)c1F. The first-order valence-electron chi connectivity index (χ1n) is 3.53. The average Bonchev–Trinajstić information content (AvgIpc) is 2.17. The first kappa shape index (κ1) is 10.8. The molecule has 0 atom stereocenters. The third-order valence-electron chi connectivity index (χ3n) is 1.50. The molecular weight excluding hydrogens is 217 g/mol. The van der Waals surface area contributed by atoms with E-state index in [1.54, 1.807) is 0 Å². The summed E-state index contributed by atoms with van der Waals surface area (Å²) in [5, 5.41) is 8.44. The Morgan fingerprint density at radius 1 is 1.57 bits per heavy atom. The molecule has 0 aliphatic carbocycles. The van der Waals surface area contributed by atoms with Crippen molar-refractivity contribution in [3.63, 3.8) is 0 Å². The third kappa shape index (κ3) is 1.96. The van der Waals surface area contributed by atoms with Crippen molar-refractivity contribution < 1.29 is 13.2 Å². The lowest BCUT2D eigenvalue weighted by molar-refractivity contribution is 0.140. The van der Waals surface area contributed by atoms with Crippen LogP contribution in [-0.2, 0) is 5.88 Å². The fourth-order valence-electron chi connectivity index (χ4n) is 0.898. The molecule has 1 aromatic rings. The molecule has 1 heterocycles. The molecule has 0 spiro atoms. The zero-order valence-electron chi connectivity index (χ0n) is 6.77. The fourth-order valence-corrected chi connectivity index (χ4v) is 1.04. The normalized spacial score (nSPS) is 10.3. The van der Waals surface area contributed by atoms with Crippen LogP contribution < -0.4 is 0 Å². The van der Waals surface area contributed by atoms with Crippen LogP contribution in [0.3, 0.4) is 0 Å². The Bertz CT molecular complexity index is 387. The summed E-state index contributed by atoms with van der Waals surface area (Å²) in [4.78, 5) is 3.29. The third-order valence-corrected chi connectivity index (χ3v) is 1.77. The first-order valence-corrected chi connectivity index (χ1v) is 4.07. The molecule has 0 fully saturated rings. The number of alkyl halides is 3. The topological polar surface area (TPSA) is 36.7 Å². The number of rotatable bonds is 2. The molecule has 14 heavy (non-hydrogen) atoms. The molecule has 0 saturated heterocycles. The minimum atomic E-state index is -3.05. The molecule has 2 nitrogen and oxygen atoms in total. The standard InChI is InChI=1S/C8H4ClF3N2/c9-2-5-1-4(3-13)6(10)7(14-5)8(11)12/h1,8H,2H2. The lowest BCUT2D eigenvalue weighted by atomic mass is 10.2. The van der Waals surface area contributed by atoms with Gasteiger partial charge in [-0.15, -0.1) is 11.6 Å². The molecule has 0 radical (unpaired) electrons. The number of pyridine rings is 1. The molecule has 0 saturated carbocycles. The van der Waals surface area contributed by atoms with Gasteiger partial charge in [0.1, 0.15) is 11.8 Å². The van der Waals surface area contributed by atoms with Gasteiger partial charge in [-0.05, 0) is 6.07 Å². The largest absolute Gasteiger partial charge is 0.283 e. The van der Waals surface area contributed by atoms with Crippen LogP contribution >= 0.6 is 11.6 Å². The Morgan fingerprint density at radius 2 is 2.21 bits per heavy atom. The van der Waals surface area contributed by atoms with Crippen molar-refractivity contribution in [2.45, 2.75) is 12.3 Å². The number of hydrogen-bond donors (Lipinski definition) is 0. The molecule has 0 aliphatic rings. The molecule has 0 unspecified atom stereocenters. The first-order chi connectivity index (χ1) is 6.60. The maximum Gasteiger partial charge on any atom is 0.283 e. The molecule has 0 aliphatic heterocycles. The molecule has 0 bridgehead atoms. The van der Waals surface area contributed by atoms with Crippen molar-refractivity contribution >= 4 is 11.6 Å². The van der Waals surface area contributed by atoms with E-state index in [2.05, 4.69) is 4.98 Å². The number of nitriles is 1. The zero-order valence-corrected chi connectivity index (χ0v) is 7.52. The molecule has 0 N–H and O–H groups in total. The summed E-state index contributed by atoms with van der Waals surface area (Å²) in [6.07, 6.45) is -3.05. The van der Waals surface area contributed by atoms with E-state index in [-0.39, 0.29) is 11.6 Å². The number of hydrogen-bond acceptors (Lipinski definition) is 2. The van der Waals surface area contributed by atoms with Crippen molar-refractivity contribution in [2.24, 2.45) is 0 Å². The molecule has 0 aromatic carbocycles. The highest BCUT2D eigenvalue weighted by atomic mass is 35.5. The van der Waals surface area contributed by atoms with Crippen LogP contribution in [0, 0.1) is 17.1 Å². The highest BCUT2D eigenvalue weighted by molar-refractivity contribution is 6.16. The Kier molecular flexibility index (Phi) is 3.31. The van der Waals surface area contributed by atoms with Crippen molar-refractivity contribution in [1.82, 2.24) is 4.98 Å². The van der Waals surface area contributed by atoms with Gasteiger partial charge < -0.3 is 0 Å². The molecule has 6 heteroatoms. The van der Waals surface area contributed by atoms with Gasteiger partial charge in [0.25, 0.3) is 6.43 Å². The van der Waals surface area contributed by atoms with Crippen LogP contribution in [0.4, 0.5) is 13.2 Å². The van der Waals surface area contributed by atoms with Gasteiger partial charge in [-0.3, -0.25) is 0 Å². The van der Waals surface area contributed by atoms with Crippen LogP contribution in [0.15, 0.2) is 6.07 Å². The van der Waals surface area contributed by atoms with E-state index < -0.39 is 23.5 Å². The summed E-state index contributed by atoms with van der Waals surface area (Å²) in [7, 11) is 0. The van der Waals surface area contributed by atoms with E-state index >= 15 is 0 Å². The number of aromatic nitrogens is 1. The summed E-state index contributed by atoms with van der Waals surface area (Å²) in [5.41, 5.74) is -1.44. The van der Waals surface area contributed by atoms with E-state index in [0.29, 0.717) is 0 Å². The monoisotopic (exact) mass is 220 g/mol. The van der Waals surface area contributed by atoms with Gasteiger partial charge in [0.05, 0.1) is 17.1 Å². The second-order valence-corrected chi connectivity index (χ2v) is 2.67. The van der Waals surface area contributed by atoms with Gasteiger partial charge in [-0.2, -0.15) is 5.26 Å². The Hall–Kier alpha value is -1.28. The van der Waals surface area contributed by atoms with Crippen LogP contribution in [0.25, 0.3) is 0 Å². The summed E-state index contributed by atoms with van der Waals surface area (Å²) >= 11 is 5.35. The average molecular weight is 221 g/mol. The molecule has 1 aromatic heterocycles. The van der Waals surface area contributed by atoms with Crippen LogP contribution in [0.5, 0.6) is 0 Å². The fraction of sp³-hybridized carbons (Fsp3) is 0.250. The summed E-state index contributed by atoms with van der Waals surface area (Å²) in [6, 6.07) is 2.51. The smallest absolute Gasteiger partial charge is 0.247 e. The van der Waals surface area contributed by atoms with Gasteiger partial charge >= 0.3 is 0 Å². The van der Waals surface area contributed by atoms with Gasteiger partial charge in [0.2, 0.25) is 0 Å². The predicted octanol–water partition coefficient (Wildman–Crippen LogP) is 2.77. The van der Waals surface area contributed by atoms with E-state index in [1.807, 2.05) is 0 Å². The predicted molar refractivity (Wildman–Crippen MR) is 43.4 cm³/mol. The minimum absolute atomic E-state index is 0.0555. The maximum absolute atomic E-state index is 13.0. The van der Waals surface area contributed by atoms with Crippen molar-refractivity contribution in [2.75, 3.05) is 0 Å². The van der Waals surface area contributed by atoms with Gasteiger partial charge in [-0.1, -0.05) is 0 Å². The lowest BCUT2D eigenvalue weighted by Crippen LogP contribution is -2.02. The Labute approximate surface area is 82.9 Å². The summed E-state index contributed by atoms with van der Waals surface area (Å²) in [5.74, 6) is -1.43. The second-order valence-electron chi connectivity index (χ2n) is 2.41. The highest BCUT2D eigenvalue weighted by Crippen LogP contribution is 2.23. The zero-order chi connectivity index (χ0) is 10.7. The van der Waals surface area contributed by atoms with E-state index in [1.165, 1.54) is 6.07 Å². The molecule has 1 rings (SSSR count). The van der Waals surface area contributed by atoms with Gasteiger partial charge in [0, 0.05) is 0 Å². The minimum Gasteiger partial charge on any atom is -0.247 e. The van der Waals surface area contributed by atoms with Crippen molar-refractivity contribution in [1.29, 1.82) is 5.26 Å². The number of nitrogens with zero attached hydrogens (tertiary/aromatic N) is 2. The summed E-state index contributed by atoms with van der Waals surface area (Å²) in [6.45, 7) is 0. The Balaban J connectivity index is 3.36. The van der Waals surface area contributed by atoms with Crippen LogP contribution in [0.2, 0.25) is 0 Å². The quantitative estimate of drug-likeness (QED) is 0.719. The van der Waals surface area contributed by atoms with Crippen LogP contribution in [0.1, 0.15) is 23.4 Å². The maximum atomic E-state index is 13.0. The molecule has 74 valence electrons. The second kappa shape index (κ2) is 4.29. The van der Waals surface area contributed by atoms with Gasteiger partial charge in [0.15, 0.2) is 5.82 Å². The van der Waals surface area contributed by atoms with Gasteiger partial charge in [-0.25, -0.2) is 18.2 Å². The molecule has 0 amide bonds. The van der Waals surface area contributed by atoms with Crippen LogP contribution in [-0.4, -0.2) is 4.98 Å². The molecular formula is C8H4ClF3N2.